The van der Waals surface area contributed by atoms with Crippen molar-refractivity contribution in [1.82, 2.24) is 10.3 Å². The molecular weight excluding hydrogens is 430 g/mol. The molecule has 162 valence electrons. The Hall–Kier alpha value is -3.34. The van der Waals surface area contributed by atoms with Crippen LogP contribution in [0.1, 0.15) is 33.2 Å². The number of benzene rings is 2. The highest BCUT2D eigenvalue weighted by Crippen LogP contribution is 2.33. The van der Waals surface area contributed by atoms with Crippen LogP contribution in [0.5, 0.6) is 0 Å². The van der Waals surface area contributed by atoms with Crippen LogP contribution in [0, 0.1) is 17.5 Å². The Morgan fingerprint density at radius 3 is 2.35 bits per heavy atom. The molecule has 1 aliphatic heterocycles. The maximum atomic E-state index is 13.8. The number of rotatable bonds is 2. The van der Waals surface area contributed by atoms with Crippen molar-refractivity contribution in [2.24, 2.45) is 0 Å². The second-order valence-electron chi connectivity index (χ2n) is 6.89. The van der Waals surface area contributed by atoms with Crippen LogP contribution in [0.15, 0.2) is 35.1 Å². The standard InChI is InChI=1S/C20H12F6N2O3/c21-12-3-8(1-2-11(12)20(24,25)26)18(29)27-15-6-31-7-16-17(15)9-4-13(22)14(23)5-10(9)19(30)28-16/h1-5,15H,6-7H2,(H,27,29)(H,28,30)/t15-/m0/s1. The molecule has 2 heterocycles. The van der Waals surface area contributed by atoms with E-state index in [-0.39, 0.29) is 40.8 Å². The number of carbonyl (C=O) groups is 1. The van der Waals surface area contributed by atoms with Gasteiger partial charge in [0.25, 0.3) is 11.5 Å². The second kappa shape index (κ2) is 7.41. The van der Waals surface area contributed by atoms with Gasteiger partial charge in [0.15, 0.2) is 11.6 Å². The number of H-pyrrole nitrogens is 1. The van der Waals surface area contributed by atoms with Crippen molar-refractivity contribution in [3.05, 3.63) is 80.5 Å². The van der Waals surface area contributed by atoms with Crippen LogP contribution >= 0.6 is 0 Å². The number of fused-ring (bicyclic) bond motifs is 3. The Morgan fingerprint density at radius 2 is 1.71 bits per heavy atom. The molecule has 31 heavy (non-hydrogen) atoms. The van der Waals surface area contributed by atoms with E-state index in [1.165, 1.54) is 0 Å². The number of pyridine rings is 1. The average Bonchev–Trinajstić information content (AvgIpc) is 2.68. The van der Waals surface area contributed by atoms with E-state index in [9.17, 15) is 35.9 Å². The molecule has 0 saturated carbocycles. The molecule has 1 atom stereocenters. The lowest BCUT2D eigenvalue weighted by Gasteiger charge is -2.27. The maximum absolute atomic E-state index is 13.8. The summed E-state index contributed by atoms with van der Waals surface area (Å²) in [5, 5.41) is 2.37. The van der Waals surface area contributed by atoms with Gasteiger partial charge in [0.05, 0.1) is 30.2 Å². The molecule has 2 N–H and O–H groups in total. The number of alkyl halides is 3. The molecule has 0 saturated heterocycles. The van der Waals surface area contributed by atoms with Gasteiger partial charge in [0.2, 0.25) is 0 Å². The molecule has 4 rings (SSSR count). The van der Waals surface area contributed by atoms with Crippen molar-refractivity contribution >= 4 is 16.7 Å². The summed E-state index contributed by atoms with van der Waals surface area (Å²) in [5.41, 5.74) is -2.10. The summed E-state index contributed by atoms with van der Waals surface area (Å²) >= 11 is 0. The highest BCUT2D eigenvalue weighted by atomic mass is 19.4. The zero-order valence-electron chi connectivity index (χ0n) is 15.4. The normalized spacial score (nSPS) is 16.3. The minimum atomic E-state index is -4.92. The molecule has 1 aromatic heterocycles. The Kier molecular flexibility index (Phi) is 5.00. The fourth-order valence-corrected chi connectivity index (χ4v) is 3.51. The van der Waals surface area contributed by atoms with Crippen molar-refractivity contribution in [1.29, 1.82) is 0 Å². The molecule has 0 bridgehead atoms. The van der Waals surface area contributed by atoms with Gasteiger partial charge in [-0.25, -0.2) is 13.2 Å². The summed E-state index contributed by atoms with van der Waals surface area (Å²) in [6.45, 7) is -0.192. The summed E-state index contributed by atoms with van der Waals surface area (Å²) in [6, 6.07) is 2.28. The van der Waals surface area contributed by atoms with Gasteiger partial charge in [-0.3, -0.25) is 9.59 Å². The van der Waals surface area contributed by atoms with Gasteiger partial charge in [-0.1, -0.05) is 0 Å². The van der Waals surface area contributed by atoms with Gasteiger partial charge in [-0.2, -0.15) is 13.2 Å². The van der Waals surface area contributed by atoms with Gasteiger partial charge in [0, 0.05) is 16.8 Å². The van der Waals surface area contributed by atoms with Crippen LogP contribution in [0.4, 0.5) is 26.3 Å². The minimum Gasteiger partial charge on any atom is -0.373 e. The molecule has 1 amide bonds. The van der Waals surface area contributed by atoms with Gasteiger partial charge in [-0.15, -0.1) is 0 Å². The van der Waals surface area contributed by atoms with Crippen molar-refractivity contribution in [3.8, 4) is 0 Å². The van der Waals surface area contributed by atoms with E-state index in [0.717, 1.165) is 18.2 Å². The van der Waals surface area contributed by atoms with Crippen LogP contribution < -0.4 is 10.9 Å². The zero-order valence-corrected chi connectivity index (χ0v) is 15.4. The van der Waals surface area contributed by atoms with E-state index in [0.29, 0.717) is 12.1 Å². The lowest BCUT2D eigenvalue weighted by molar-refractivity contribution is -0.140. The molecule has 0 aliphatic carbocycles. The predicted octanol–water partition coefficient (Wildman–Crippen LogP) is 3.97. The largest absolute Gasteiger partial charge is 0.419 e. The second-order valence-corrected chi connectivity index (χ2v) is 6.89. The molecule has 1 aliphatic rings. The number of halogens is 6. The van der Waals surface area contributed by atoms with E-state index < -0.39 is 46.7 Å². The van der Waals surface area contributed by atoms with Crippen LogP contribution in [-0.2, 0) is 17.5 Å². The Morgan fingerprint density at radius 1 is 1.03 bits per heavy atom. The van der Waals surface area contributed by atoms with Crippen molar-refractivity contribution < 1.29 is 35.9 Å². The molecule has 11 heteroatoms. The number of hydrogen-bond donors (Lipinski definition) is 2. The first-order valence-corrected chi connectivity index (χ1v) is 8.85. The number of carbonyl (C=O) groups excluding carboxylic acids is 1. The average molecular weight is 442 g/mol. The smallest absolute Gasteiger partial charge is 0.373 e. The van der Waals surface area contributed by atoms with E-state index in [1.807, 2.05) is 0 Å². The molecule has 0 radical (unpaired) electrons. The van der Waals surface area contributed by atoms with Crippen LogP contribution in [0.3, 0.4) is 0 Å². The maximum Gasteiger partial charge on any atom is 0.419 e. The molecule has 3 aromatic rings. The molecular formula is C20H12F6N2O3. The highest BCUT2D eigenvalue weighted by Gasteiger charge is 2.34. The third kappa shape index (κ3) is 3.76. The molecule has 2 aromatic carbocycles. The number of hydrogen-bond acceptors (Lipinski definition) is 3. The van der Waals surface area contributed by atoms with Crippen molar-refractivity contribution in [2.75, 3.05) is 6.61 Å². The van der Waals surface area contributed by atoms with Crippen LogP contribution in [-0.4, -0.2) is 17.5 Å². The van der Waals surface area contributed by atoms with E-state index in [4.69, 9.17) is 4.74 Å². The topological polar surface area (TPSA) is 71.2 Å². The SMILES string of the molecule is O=C(N[C@H]1COCc2[nH]c(=O)c3cc(F)c(F)cc3c21)c1ccc(C(F)(F)F)c(F)c1. The lowest BCUT2D eigenvalue weighted by atomic mass is 9.96. The number of ether oxygens (including phenoxy) is 1. The minimum absolute atomic E-state index is 0.0462. The van der Waals surface area contributed by atoms with E-state index in [1.54, 1.807) is 0 Å². The molecule has 0 spiro atoms. The van der Waals surface area contributed by atoms with Gasteiger partial charge < -0.3 is 15.0 Å². The zero-order chi connectivity index (χ0) is 22.5. The summed E-state index contributed by atoms with van der Waals surface area (Å²) in [6.07, 6.45) is -4.92. The first-order chi connectivity index (χ1) is 14.6. The van der Waals surface area contributed by atoms with Gasteiger partial charge in [0.1, 0.15) is 5.82 Å². The van der Waals surface area contributed by atoms with E-state index in [2.05, 4.69) is 10.3 Å². The quantitative estimate of drug-likeness (QED) is 0.591. The summed E-state index contributed by atoms with van der Waals surface area (Å²) in [7, 11) is 0. The number of nitrogens with one attached hydrogen (secondary N) is 2. The summed E-state index contributed by atoms with van der Waals surface area (Å²) in [5.74, 6) is -4.98. The molecule has 0 unspecified atom stereocenters. The van der Waals surface area contributed by atoms with E-state index >= 15 is 0 Å². The first kappa shape index (κ1) is 20.9. The van der Waals surface area contributed by atoms with Gasteiger partial charge >= 0.3 is 6.18 Å². The third-order valence-electron chi connectivity index (χ3n) is 4.91. The predicted molar refractivity (Wildman–Crippen MR) is 95.7 cm³/mol. The fraction of sp³-hybridized carbons (Fsp3) is 0.200. The number of aromatic amines is 1. The van der Waals surface area contributed by atoms with Crippen LogP contribution in [0.25, 0.3) is 10.8 Å². The Balaban J connectivity index is 1.73. The fourth-order valence-electron chi connectivity index (χ4n) is 3.51. The number of amides is 1. The van der Waals surface area contributed by atoms with Crippen molar-refractivity contribution in [3.63, 3.8) is 0 Å². The van der Waals surface area contributed by atoms with Crippen LogP contribution in [0.2, 0.25) is 0 Å². The lowest BCUT2D eigenvalue weighted by Crippen LogP contribution is -2.36. The monoisotopic (exact) mass is 442 g/mol. The first-order valence-electron chi connectivity index (χ1n) is 8.85. The summed E-state index contributed by atoms with van der Waals surface area (Å²) in [4.78, 5) is 27.2. The highest BCUT2D eigenvalue weighted by molar-refractivity contribution is 5.95. The number of aromatic nitrogens is 1. The van der Waals surface area contributed by atoms with Crippen molar-refractivity contribution in [2.45, 2.75) is 18.8 Å². The van der Waals surface area contributed by atoms with Gasteiger partial charge in [-0.05, 0) is 35.7 Å². The third-order valence-corrected chi connectivity index (χ3v) is 4.91. The Bertz CT molecular complexity index is 1270. The Labute approximate surface area is 169 Å². The molecule has 5 nitrogen and oxygen atoms in total. The summed E-state index contributed by atoms with van der Waals surface area (Å²) < 4.78 is 84.7. The molecule has 0 fully saturated rings.